The van der Waals surface area contributed by atoms with Gasteiger partial charge in [-0.25, -0.2) is 0 Å². The minimum absolute atomic E-state index is 0.0347. The lowest BCUT2D eigenvalue weighted by Crippen LogP contribution is -2.34. The van der Waals surface area contributed by atoms with Gasteiger partial charge in [-0.2, -0.15) is 0 Å². The number of rotatable bonds is 7. The molecule has 2 rings (SSSR count). The number of nitrogens with zero attached hydrogens (tertiary/aromatic N) is 1. The Bertz CT molecular complexity index is 649. The van der Waals surface area contributed by atoms with Crippen molar-refractivity contribution in [3.05, 3.63) is 23.8 Å². The van der Waals surface area contributed by atoms with Crippen molar-refractivity contribution >= 4 is 40.2 Å². The first-order chi connectivity index (χ1) is 11.5. The van der Waals surface area contributed by atoms with Gasteiger partial charge in [0.15, 0.2) is 11.5 Å². The van der Waals surface area contributed by atoms with E-state index in [2.05, 4.69) is 4.74 Å². The number of thioether (sulfide) groups is 1. The van der Waals surface area contributed by atoms with E-state index in [1.807, 2.05) is 18.2 Å². The van der Waals surface area contributed by atoms with Crippen LogP contribution in [0.1, 0.15) is 12.0 Å². The predicted molar refractivity (Wildman–Crippen MR) is 95.6 cm³/mol. The van der Waals surface area contributed by atoms with Gasteiger partial charge in [-0.3, -0.25) is 14.5 Å². The van der Waals surface area contributed by atoms with Crippen LogP contribution in [-0.2, 0) is 20.7 Å². The van der Waals surface area contributed by atoms with Crippen LogP contribution >= 0.6 is 24.0 Å². The van der Waals surface area contributed by atoms with Crippen molar-refractivity contribution in [2.24, 2.45) is 0 Å². The van der Waals surface area contributed by atoms with E-state index in [9.17, 15) is 9.59 Å². The molecule has 1 saturated heterocycles. The molecule has 1 aromatic rings. The minimum atomic E-state index is -0.490. The topological polar surface area (TPSA) is 65.1 Å². The number of carbonyl (C=O) groups is 2. The van der Waals surface area contributed by atoms with Gasteiger partial charge < -0.3 is 14.2 Å². The number of thiocarbonyl (C=S) groups is 1. The highest BCUT2D eigenvalue weighted by molar-refractivity contribution is 8.24. The molecule has 0 bridgehead atoms. The minimum Gasteiger partial charge on any atom is -0.493 e. The van der Waals surface area contributed by atoms with Gasteiger partial charge in [0.2, 0.25) is 5.91 Å². The fraction of sp³-hybridized carbons (Fsp3) is 0.438. The van der Waals surface area contributed by atoms with Gasteiger partial charge in [-0.1, -0.05) is 30.0 Å². The molecule has 1 fully saturated rings. The summed E-state index contributed by atoms with van der Waals surface area (Å²) in [4.78, 5) is 25.3. The van der Waals surface area contributed by atoms with Crippen molar-refractivity contribution in [2.45, 2.75) is 18.1 Å². The van der Waals surface area contributed by atoms with E-state index in [-0.39, 0.29) is 12.3 Å². The van der Waals surface area contributed by atoms with Gasteiger partial charge in [0.1, 0.15) is 9.57 Å². The number of methoxy groups -OCH3 is 3. The fourth-order valence-electron chi connectivity index (χ4n) is 2.34. The van der Waals surface area contributed by atoms with Gasteiger partial charge in [0.05, 0.1) is 27.8 Å². The SMILES string of the molecule is COC(=O)C[C@@H]1SC(=S)N(CCc2ccc(OC)c(OC)c2)C1=O. The quantitative estimate of drug-likeness (QED) is 0.538. The van der Waals surface area contributed by atoms with Crippen LogP contribution in [0.5, 0.6) is 11.5 Å². The lowest BCUT2D eigenvalue weighted by molar-refractivity contribution is -0.142. The summed E-state index contributed by atoms with van der Waals surface area (Å²) < 4.78 is 15.6. The fourth-order valence-corrected chi connectivity index (χ4v) is 3.87. The van der Waals surface area contributed by atoms with E-state index < -0.39 is 11.2 Å². The second-order valence-corrected chi connectivity index (χ2v) is 6.92. The third kappa shape index (κ3) is 4.18. The third-order valence-corrected chi connectivity index (χ3v) is 5.24. The first-order valence-electron chi connectivity index (χ1n) is 7.29. The van der Waals surface area contributed by atoms with Crippen molar-refractivity contribution in [1.82, 2.24) is 4.90 Å². The lowest BCUT2D eigenvalue weighted by atomic mass is 10.1. The molecule has 0 radical (unpaired) electrons. The van der Waals surface area contributed by atoms with Crippen LogP contribution in [0, 0.1) is 0 Å². The molecule has 1 aromatic carbocycles. The average Bonchev–Trinajstić information content (AvgIpc) is 2.85. The molecule has 0 N–H and O–H groups in total. The Hall–Kier alpha value is -1.80. The van der Waals surface area contributed by atoms with Gasteiger partial charge >= 0.3 is 5.97 Å². The van der Waals surface area contributed by atoms with E-state index in [4.69, 9.17) is 21.7 Å². The molecule has 1 amide bonds. The summed E-state index contributed by atoms with van der Waals surface area (Å²) in [5, 5.41) is -0.490. The van der Waals surface area contributed by atoms with Crippen LogP contribution in [0.3, 0.4) is 0 Å². The van der Waals surface area contributed by atoms with Crippen molar-refractivity contribution < 1.29 is 23.8 Å². The molecule has 1 aliphatic heterocycles. The van der Waals surface area contributed by atoms with E-state index in [0.717, 1.165) is 5.56 Å². The first-order valence-corrected chi connectivity index (χ1v) is 8.58. The molecular weight excluding hydrogens is 350 g/mol. The standard InChI is InChI=1S/C16H19NO5S2/c1-20-11-5-4-10(8-12(11)21-2)6-7-17-15(19)13(24-16(17)23)9-14(18)22-3/h4-5,8,13H,6-7,9H2,1-3H3/t13-/m0/s1. The van der Waals surface area contributed by atoms with Gasteiger partial charge in [-0.15, -0.1) is 0 Å². The number of amides is 1. The van der Waals surface area contributed by atoms with E-state index in [1.54, 1.807) is 19.1 Å². The normalized spacial score (nSPS) is 17.1. The maximum absolute atomic E-state index is 12.4. The highest BCUT2D eigenvalue weighted by Crippen LogP contribution is 2.31. The molecule has 130 valence electrons. The number of hydrogen-bond donors (Lipinski definition) is 0. The summed E-state index contributed by atoms with van der Waals surface area (Å²) in [6.07, 6.45) is 0.657. The molecule has 24 heavy (non-hydrogen) atoms. The Balaban J connectivity index is 2.00. The van der Waals surface area contributed by atoms with Crippen molar-refractivity contribution in [3.63, 3.8) is 0 Å². The zero-order valence-electron chi connectivity index (χ0n) is 13.7. The van der Waals surface area contributed by atoms with Crippen molar-refractivity contribution in [3.8, 4) is 11.5 Å². The lowest BCUT2D eigenvalue weighted by Gasteiger charge is -2.16. The number of ether oxygens (including phenoxy) is 3. The summed E-state index contributed by atoms with van der Waals surface area (Å²) in [6, 6.07) is 5.62. The molecule has 0 saturated carbocycles. The summed E-state index contributed by atoms with van der Waals surface area (Å²) in [5.74, 6) is 0.743. The molecule has 0 aliphatic carbocycles. The summed E-state index contributed by atoms with van der Waals surface area (Å²) >= 11 is 6.50. The summed E-state index contributed by atoms with van der Waals surface area (Å²) in [6.45, 7) is 0.456. The van der Waals surface area contributed by atoms with E-state index >= 15 is 0 Å². The highest BCUT2D eigenvalue weighted by Gasteiger charge is 2.38. The van der Waals surface area contributed by atoms with Gasteiger partial charge in [-0.05, 0) is 24.1 Å². The summed E-state index contributed by atoms with van der Waals surface area (Å²) in [5.41, 5.74) is 1.00. The molecule has 1 atom stereocenters. The van der Waals surface area contributed by atoms with E-state index in [0.29, 0.717) is 28.8 Å². The Morgan fingerprint density at radius 2 is 1.96 bits per heavy atom. The van der Waals surface area contributed by atoms with Crippen LogP contribution in [0.25, 0.3) is 0 Å². The number of benzene rings is 1. The molecule has 0 aromatic heterocycles. The molecule has 6 nitrogen and oxygen atoms in total. The number of hydrogen-bond acceptors (Lipinski definition) is 7. The van der Waals surface area contributed by atoms with Crippen LogP contribution in [0.15, 0.2) is 18.2 Å². The van der Waals surface area contributed by atoms with Crippen LogP contribution in [-0.4, -0.2) is 54.2 Å². The molecule has 0 unspecified atom stereocenters. The van der Waals surface area contributed by atoms with Crippen LogP contribution < -0.4 is 9.47 Å². The predicted octanol–water partition coefficient (Wildman–Crippen LogP) is 2.04. The molecule has 8 heteroatoms. The molecule has 0 spiro atoms. The Morgan fingerprint density at radius 1 is 1.25 bits per heavy atom. The average molecular weight is 369 g/mol. The summed E-state index contributed by atoms with van der Waals surface area (Å²) in [7, 11) is 4.46. The Labute approximate surface area is 150 Å². The highest BCUT2D eigenvalue weighted by atomic mass is 32.2. The largest absolute Gasteiger partial charge is 0.493 e. The zero-order chi connectivity index (χ0) is 17.7. The third-order valence-electron chi connectivity index (χ3n) is 3.66. The molecule has 1 aliphatic rings. The molecule has 1 heterocycles. The maximum Gasteiger partial charge on any atom is 0.307 e. The molecular formula is C16H19NO5S2. The monoisotopic (exact) mass is 369 g/mol. The number of esters is 1. The van der Waals surface area contributed by atoms with Crippen LogP contribution in [0.2, 0.25) is 0 Å². The van der Waals surface area contributed by atoms with Crippen molar-refractivity contribution in [1.29, 1.82) is 0 Å². The zero-order valence-corrected chi connectivity index (χ0v) is 15.4. The Morgan fingerprint density at radius 3 is 2.58 bits per heavy atom. The van der Waals surface area contributed by atoms with Crippen molar-refractivity contribution in [2.75, 3.05) is 27.9 Å². The smallest absolute Gasteiger partial charge is 0.307 e. The van der Waals surface area contributed by atoms with Gasteiger partial charge in [0, 0.05) is 6.54 Å². The maximum atomic E-state index is 12.4. The van der Waals surface area contributed by atoms with Gasteiger partial charge in [0.25, 0.3) is 0 Å². The van der Waals surface area contributed by atoms with Crippen LogP contribution in [0.4, 0.5) is 0 Å². The second kappa shape index (κ2) is 8.34. The first kappa shape index (κ1) is 18.5. The second-order valence-electron chi connectivity index (χ2n) is 5.08. The number of carbonyl (C=O) groups excluding carboxylic acids is 2. The Kier molecular flexibility index (Phi) is 6.44. The van der Waals surface area contributed by atoms with E-state index in [1.165, 1.54) is 18.9 Å².